The molecule has 0 aromatic heterocycles. The molecular weight excluding hydrogens is 206 g/mol. The molecule has 0 unspecified atom stereocenters. The normalized spacial score (nSPS) is 10.9. The van der Waals surface area contributed by atoms with Crippen LogP contribution in [-0.4, -0.2) is 23.3 Å². The molecule has 1 aromatic rings. The number of nitrogens with one attached hydrogen (secondary N) is 2. The molecular formula is C11H17N3O2. The van der Waals surface area contributed by atoms with Crippen LogP contribution in [0.4, 0.5) is 16.2 Å². The van der Waals surface area contributed by atoms with E-state index in [-0.39, 0.29) is 12.6 Å². The van der Waals surface area contributed by atoms with Crippen molar-refractivity contribution in [1.82, 2.24) is 5.32 Å². The lowest BCUT2D eigenvalue weighted by molar-refractivity contribution is 0.187. The number of carbonyl (C=O) groups is 1. The first-order chi connectivity index (χ1) is 7.43. The van der Waals surface area contributed by atoms with Crippen molar-refractivity contribution >= 4 is 17.4 Å². The molecule has 1 rings (SSSR count). The zero-order chi connectivity index (χ0) is 12.2. The van der Waals surface area contributed by atoms with Crippen LogP contribution in [0.3, 0.4) is 0 Å². The van der Waals surface area contributed by atoms with Gasteiger partial charge in [-0.25, -0.2) is 4.79 Å². The number of benzene rings is 1. The van der Waals surface area contributed by atoms with E-state index in [1.165, 1.54) is 0 Å². The summed E-state index contributed by atoms with van der Waals surface area (Å²) in [7, 11) is 0. The van der Waals surface area contributed by atoms with Crippen LogP contribution >= 0.6 is 0 Å². The number of urea groups is 1. The molecule has 0 saturated heterocycles. The summed E-state index contributed by atoms with van der Waals surface area (Å²) in [6, 6.07) is 6.46. The summed E-state index contributed by atoms with van der Waals surface area (Å²) in [4.78, 5) is 11.5. The number of hydrogen-bond donors (Lipinski definition) is 4. The number of anilines is 2. The zero-order valence-corrected chi connectivity index (χ0v) is 9.45. The molecule has 0 bridgehead atoms. The van der Waals surface area contributed by atoms with Crippen LogP contribution in [0, 0.1) is 0 Å². The molecule has 16 heavy (non-hydrogen) atoms. The quantitative estimate of drug-likeness (QED) is 0.580. The number of nitrogen functional groups attached to an aromatic ring is 1. The van der Waals surface area contributed by atoms with Crippen molar-refractivity contribution < 1.29 is 9.90 Å². The van der Waals surface area contributed by atoms with Gasteiger partial charge in [0.1, 0.15) is 0 Å². The molecule has 0 spiro atoms. The Balaban J connectivity index is 2.55. The molecule has 0 radical (unpaired) electrons. The summed E-state index contributed by atoms with van der Waals surface area (Å²) in [6.45, 7) is 3.34. The lowest BCUT2D eigenvalue weighted by Gasteiger charge is -2.23. The number of carbonyl (C=O) groups excluding carboxylic acids is 1. The Hall–Kier alpha value is -1.75. The van der Waals surface area contributed by atoms with Crippen molar-refractivity contribution in [3.05, 3.63) is 24.3 Å². The first-order valence-electron chi connectivity index (χ1n) is 4.98. The standard InChI is InChI=1S/C11H17N3O2/c1-11(2,7-15)14-10(16)13-9-5-3-8(12)4-6-9/h3-6,15H,7,12H2,1-2H3,(H2,13,14,16). The van der Waals surface area contributed by atoms with Crippen LogP contribution in [0.5, 0.6) is 0 Å². The Labute approximate surface area is 94.7 Å². The van der Waals surface area contributed by atoms with Gasteiger partial charge >= 0.3 is 6.03 Å². The van der Waals surface area contributed by atoms with Gasteiger partial charge in [0.05, 0.1) is 12.1 Å². The van der Waals surface area contributed by atoms with Crippen LogP contribution in [0.2, 0.25) is 0 Å². The molecule has 0 fully saturated rings. The number of amides is 2. The van der Waals surface area contributed by atoms with E-state index >= 15 is 0 Å². The third kappa shape index (κ3) is 3.78. The summed E-state index contributed by atoms with van der Waals surface area (Å²) in [6.07, 6.45) is 0. The highest BCUT2D eigenvalue weighted by Crippen LogP contribution is 2.10. The lowest BCUT2D eigenvalue weighted by atomic mass is 10.1. The van der Waals surface area contributed by atoms with Crippen molar-refractivity contribution in [2.45, 2.75) is 19.4 Å². The van der Waals surface area contributed by atoms with Gasteiger partial charge in [-0.2, -0.15) is 0 Å². The average Bonchev–Trinajstić information content (AvgIpc) is 2.21. The van der Waals surface area contributed by atoms with Crippen LogP contribution < -0.4 is 16.4 Å². The lowest BCUT2D eigenvalue weighted by Crippen LogP contribution is -2.48. The maximum absolute atomic E-state index is 11.5. The number of aliphatic hydroxyl groups is 1. The molecule has 5 heteroatoms. The Bertz CT molecular complexity index is 360. The van der Waals surface area contributed by atoms with E-state index < -0.39 is 5.54 Å². The molecule has 2 amide bonds. The van der Waals surface area contributed by atoms with Gasteiger partial charge < -0.3 is 21.5 Å². The molecule has 5 N–H and O–H groups in total. The van der Waals surface area contributed by atoms with Gasteiger partial charge in [-0.15, -0.1) is 0 Å². The van der Waals surface area contributed by atoms with Crippen molar-refractivity contribution in [3.63, 3.8) is 0 Å². The van der Waals surface area contributed by atoms with Crippen molar-refractivity contribution in [3.8, 4) is 0 Å². The maximum atomic E-state index is 11.5. The first kappa shape index (κ1) is 12.3. The monoisotopic (exact) mass is 223 g/mol. The fourth-order valence-electron chi connectivity index (χ4n) is 1.08. The predicted octanol–water partition coefficient (Wildman–Crippen LogP) is 1.16. The fraction of sp³-hybridized carbons (Fsp3) is 0.364. The summed E-state index contributed by atoms with van der Waals surface area (Å²) in [5, 5.41) is 14.3. The minimum Gasteiger partial charge on any atom is -0.399 e. The molecule has 5 nitrogen and oxygen atoms in total. The number of nitrogens with two attached hydrogens (primary N) is 1. The average molecular weight is 223 g/mol. The Kier molecular flexibility index (Phi) is 3.73. The summed E-state index contributed by atoms with van der Waals surface area (Å²) in [5.41, 5.74) is 6.17. The van der Waals surface area contributed by atoms with E-state index in [1.54, 1.807) is 38.1 Å². The maximum Gasteiger partial charge on any atom is 0.319 e. The SMILES string of the molecule is CC(C)(CO)NC(=O)Nc1ccc(N)cc1. The van der Waals surface area contributed by atoms with Crippen LogP contribution in [0.15, 0.2) is 24.3 Å². The molecule has 0 saturated carbocycles. The van der Waals surface area contributed by atoms with Crippen molar-refractivity contribution in [2.75, 3.05) is 17.7 Å². The van der Waals surface area contributed by atoms with E-state index in [9.17, 15) is 4.79 Å². The van der Waals surface area contributed by atoms with Crippen molar-refractivity contribution in [1.29, 1.82) is 0 Å². The highest BCUT2D eigenvalue weighted by atomic mass is 16.3. The molecule has 88 valence electrons. The molecule has 0 aliphatic heterocycles. The zero-order valence-electron chi connectivity index (χ0n) is 9.45. The Morgan fingerprint density at radius 3 is 2.44 bits per heavy atom. The van der Waals surface area contributed by atoms with E-state index in [2.05, 4.69) is 10.6 Å². The van der Waals surface area contributed by atoms with Gasteiger partial charge in [-0.3, -0.25) is 0 Å². The minimum atomic E-state index is -0.641. The Morgan fingerprint density at radius 2 is 1.94 bits per heavy atom. The highest BCUT2D eigenvalue weighted by Gasteiger charge is 2.18. The van der Waals surface area contributed by atoms with E-state index in [4.69, 9.17) is 10.8 Å². The topological polar surface area (TPSA) is 87.4 Å². The van der Waals surface area contributed by atoms with Gasteiger partial charge in [0.2, 0.25) is 0 Å². The fourth-order valence-corrected chi connectivity index (χ4v) is 1.08. The smallest absolute Gasteiger partial charge is 0.319 e. The number of rotatable bonds is 3. The Morgan fingerprint density at radius 1 is 1.38 bits per heavy atom. The second kappa shape index (κ2) is 4.85. The van der Waals surface area contributed by atoms with Crippen LogP contribution in [0.1, 0.15) is 13.8 Å². The number of aliphatic hydroxyl groups excluding tert-OH is 1. The number of hydrogen-bond acceptors (Lipinski definition) is 3. The highest BCUT2D eigenvalue weighted by molar-refractivity contribution is 5.89. The largest absolute Gasteiger partial charge is 0.399 e. The van der Waals surface area contributed by atoms with Gasteiger partial charge in [0.15, 0.2) is 0 Å². The summed E-state index contributed by atoms with van der Waals surface area (Å²) < 4.78 is 0. The van der Waals surface area contributed by atoms with Gasteiger partial charge in [0.25, 0.3) is 0 Å². The van der Waals surface area contributed by atoms with Gasteiger partial charge in [-0.1, -0.05) is 0 Å². The second-order valence-electron chi connectivity index (χ2n) is 4.24. The van der Waals surface area contributed by atoms with Crippen LogP contribution in [0.25, 0.3) is 0 Å². The molecule has 0 heterocycles. The molecule has 0 aliphatic carbocycles. The molecule has 0 aliphatic rings. The summed E-state index contributed by atoms with van der Waals surface area (Å²) >= 11 is 0. The van der Waals surface area contributed by atoms with Crippen LogP contribution in [-0.2, 0) is 0 Å². The minimum absolute atomic E-state index is 0.123. The van der Waals surface area contributed by atoms with E-state index in [1.807, 2.05) is 0 Å². The molecule has 1 aromatic carbocycles. The molecule has 0 atom stereocenters. The second-order valence-corrected chi connectivity index (χ2v) is 4.24. The predicted molar refractivity (Wildman–Crippen MR) is 64.2 cm³/mol. The third-order valence-electron chi connectivity index (χ3n) is 2.02. The summed E-state index contributed by atoms with van der Waals surface area (Å²) in [5.74, 6) is 0. The first-order valence-corrected chi connectivity index (χ1v) is 4.98. The van der Waals surface area contributed by atoms with Gasteiger partial charge in [0, 0.05) is 11.4 Å². The van der Waals surface area contributed by atoms with Gasteiger partial charge in [-0.05, 0) is 38.1 Å². The third-order valence-corrected chi connectivity index (χ3v) is 2.02. The van der Waals surface area contributed by atoms with E-state index in [0.29, 0.717) is 11.4 Å². The van der Waals surface area contributed by atoms with Crippen molar-refractivity contribution in [2.24, 2.45) is 0 Å². The van der Waals surface area contributed by atoms with E-state index in [0.717, 1.165) is 0 Å².